The number of thiazole rings is 2. The van der Waals surface area contributed by atoms with Gasteiger partial charge in [-0.25, -0.2) is 14.8 Å². The zero-order chi connectivity index (χ0) is 60.9. The molecule has 0 bridgehead atoms. The molecule has 4 saturated heterocycles. The predicted octanol–water partition coefficient (Wildman–Crippen LogP) is 10.7. The molecule has 1 amide bonds. The van der Waals surface area contributed by atoms with E-state index in [2.05, 4.69) is 20.6 Å². The maximum Gasteiger partial charge on any atom is 0.417 e. The summed E-state index contributed by atoms with van der Waals surface area (Å²) < 4.78 is 168. The van der Waals surface area contributed by atoms with Crippen LogP contribution < -0.4 is 20.4 Å². The highest BCUT2D eigenvalue weighted by atomic mass is 32.1. The molecule has 0 atom stereocenters. The second-order valence-corrected chi connectivity index (χ2v) is 22.1. The average Bonchev–Trinajstić information content (AvgIpc) is 3.52. The van der Waals surface area contributed by atoms with Crippen LogP contribution in [0.25, 0.3) is 20.4 Å². The Hall–Kier alpha value is -7.16. The maximum atomic E-state index is 13.3. The first-order chi connectivity index (χ1) is 39.5. The van der Waals surface area contributed by atoms with Crippen LogP contribution in [0.3, 0.4) is 0 Å². The van der Waals surface area contributed by atoms with E-state index in [0.717, 1.165) is 41.1 Å². The Bertz CT molecular complexity index is 3380. The first-order valence-corrected chi connectivity index (χ1v) is 27.5. The third-order valence-corrected chi connectivity index (χ3v) is 16.1. The number of anilines is 4. The van der Waals surface area contributed by atoms with Crippen LogP contribution in [0.4, 0.5) is 74.3 Å². The Morgan fingerprint density at radius 1 is 0.619 bits per heavy atom. The number of hydrogen-bond acceptors (Lipinski definition) is 16. The van der Waals surface area contributed by atoms with Crippen molar-refractivity contribution in [2.45, 2.75) is 81.5 Å². The molecule has 0 unspecified atom stereocenters. The number of carboxylic acids is 1. The van der Waals surface area contributed by atoms with E-state index in [-0.39, 0.29) is 48.9 Å². The number of hydrogen-bond donors (Lipinski definition) is 4. The fourth-order valence-electron chi connectivity index (χ4n) is 9.52. The molecule has 6 heterocycles. The van der Waals surface area contributed by atoms with E-state index in [1.54, 1.807) is 33.7 Å². The van der Waals surface area contributed by atoms with Crippen molar-refractivity contribution in [3.63, 3.8) is 0 Å². The molecular weight excluding hydrogens is 1180 g/mol. The molecule has 4 aromatic carbocycles. The Labute approximate surface area is 479 Å². The van der Waals surface area contributed by atoms with Gasteiger partial charge in [0.1, 0.15) is 13.2 Å². The summed E-state index contributed by atoms with van der Waals surface area (Å²) >= 11 is 2.58. The first kappa shape index (κ1) is 62.9. The van der Waals surface area contributed by atoms with Crippen LogP contribution in [0, 0.1) is 22.7 Å². The molecule has 4 aliphatic heterocycles. The number of piperidine rings is 2. The van der Waals surface area contributed by atoms with Gasteiger partial charge in [0.25, 0.3) is 0 Å². The van der Waals surface area contributed by atoms with Crippen molar-refractivity contribution in [2.75, 3.05) is 86.0 Å². The molecule has 31 heteroatoms. The minimum absolute atomic E-state index is 0.0798. The molecule has 0 aliphatic carbocycles. The van der Waals surface area contributed by atoms with Gasteiger partial charge >= 0.3 is 37.7 Å². The highest BCUT2D eigenvalue weighted by Gasteiger charge is 2.38. The van der Waals surface area contributed by atoms with Crippen molar-refractivity contribution >= 4 is 83.7 Å². The van der Waals surface area contributed by atoms with E-state index in [4.69, 9.17) is 25.1 Å². The number of nitrogens with zero attached hydrogens (tertiary/aromatic N) is 8. The van der Waals surface area contributed by atoms with Crippen molar-refractivity contribution < 1.29 is 81.9 Å². The van der Waals surface area contributed by atoms with Gasteiger partial charge in [0.15, 0.2) is 10.3 Å². The molecule has 0 spiro atoms. The molecular formula is C53H51BF12N10O6S2. The summed E-state index contributed by atoms with van der Waals surface area (Å²) in [6.07, 6.45) is -16.3. The van der Waals surface area contributed by atoms with Crippen LogP contribution in [0.2, 0.25) is 6.82 Å². The van der Waals surface area contributed by atoms with Crippen LogP contribution in [0.1, 0.15) is 59.1 Å². The van der Waals surface area contributed by atoms with Crippen molar-refractivity contribution in [3.8, 4) is 12.1 Å². The molecule has 448 valence electrons. The number of fused-ring (bicyclic) bond motifs is 2. The maximum absolute atomic E-state index is 13.3. The number of aromatic nitrogens is 2. The summed E-state index contributed by atoms with van der Waals surface area (Å²) in [7, 11) is -0.479. The minimum atomic E-state index is -4.62. The number of likely N-dealkylation sites (tertiary alicyclic amines) is 1. The number of carbonyl (C=O) groups excluding carboxylic acids is 1. The number of amides is 1. The normalized spacial score (nSPS) is 16.8. The van der Waals surface area contributed by atoms with Gasteiger partial charge in [-0.15, -0.1) is 0 Å². The lowest BCUT2D eigenvalue weighted by Gasteiger charge is -2.40. The number of rotatable bonds is 13. The van der Waals surface area contributed by atoms with Crippen LogP contribution in [-0.2, 0) is 43.8 Å². The number of aliphatic carboxylic acids is 1. The van der Waals surface area contributed by atoms with Gasteiger partial charge in [-0.3, -0.25) is 4.79 Å². The smallest absolute Gasteiger partial charge is 0.417 e. The van der Waals surface area contributed by atoms with Crippen molar-refractivity contribution in [2.24, 2.45) is 0 Å². The number of alkyl halides is 12. The predicted molar refractivity (Wildman–Crippen MR) is 288 cm³/mol. The Kier molecular flexibility index (Phi) is 19.5. The number of nitrogens with one attached hydrogen (secondary N) is 2. The fourth-order valence-corrected chi connectivity index (χ4v) is 11.4. The van der Waals surface area contributed by atoms with Crippen LogP contribution >= 0.6 is 22.7 Å². The SMILES string of the molecule is CB(O)N1CC(Nc2nc3cc(C(F)(F)F)ccc3s2)C1.N#Cc1ccc(N2CCC(OCC(=O)N3CC(Nc4nc5cc(C(F)(F)F)ccc5s4)C3)CC2)cc1C(F)(F)F.N#Cc1ccc(N2CCC(OCC(=O)O)CC2)cc1C(F)(F)F. The summed E-state index contributed by atoms with van der Waals surface area (Å²) in [5.41, 5.74) is -2.78. The number of halogens is 12. The molecule has 4 aliphatic rings. The summed E-state index contributed by atoms with van der Waals surface area (Å²) in [4.78, 5) is 38.5. The topological polar surface area (TPSA) is 203 Å². The van der Waals surface area contributed by atoms with Crippen molar-refractivity contribution in [3.05, 3.63) is 106 Å². The quantitative estimate of drug-likeness (QED) is 0.0628. The Balaban J connectivity index is 0.000000178. The van der Waals surface area contributed by atoms with Crippen LogP contribution in [0.5, 0.6) is 0 Å². The largest absolute Gasteiger partial charge is 0.480 e. The molecule has 6 aromatic rings. The molecule has 4 N–H and O–H groups in total. The van der Waals surface area contributed by atoms with E-state index in [1.807, 2.05) is 4.81 Å². The van der Waals surface area contributed by atoms with E-state index in [9.17, 15) is 67.3 Å². The van der Waals surface area contributed by atoms with Gasteiger partial charge < -0.3 is 49.7 Å². The molecule has 0 radical (unpaired) electrons. The van der Waals surface area contributed by atoms with Gasteiger partial charge in [-0.1, -0.05) is 22.7 Å². The fraction of sp³-hybridized carbons (Fsp3) is 0.434. The van der Waals surface area contributed by atoms with Gasteiger partial charge in [0.05, 0.1) is 90.2 Å². The lowest BCUT2D eigenvalue weighted by molar-refractivity contribution is -0.145. The van der Waals surface area contributed by atoms with E-state index >= 15 is 0 Å². The summed E-state index contributed by atoms with van der Waals surface area (Å²) in [6.45, 7) is 5.24. The van der Waals surface area contributed by atoms with Crippen LogP contribution in [0.15, 0.2) is 72.8 Å². The molecule has 4 fully saturated rings. The third-order valence-electron chi connectivity index (χ3n) is 14.1. The molecule has 0 saturated carbocycles. The van der Waals surface area contributed by atoms with Crippen molar-refractivity contribution in [1.29, 1.82) is 10.5 Å². The molecule has 16 nitrogen and oxygen atoms in total. The highest BCUT2D eigenvalue weighted by Crippen LogP contribution is 2.39. The van der Waals surface area contributed by atoms with Gasteiger partial charge in [-0.2, -0.15) is 63.2 Å². The third kappa shape index (κ3) is 16.2. The molecule has 84 heavy (non-hydrogen) atoms. The summed E-state index contributed by atoms with van der Waals surface area (Å²) in [6, 6.07) is 17.6. The van der Waals surface area contributed by atoms with Gasteiger partial charge in [-0.05, 0) is 105 Å². The molecule has 10 rings (SSSR count). The number of carboxylic acid groups (broad SMARTS) is 1. The second-order valence-electron chi connectivity index (χ2n) is 20.0. The number of nitriles is 2. The van der Waals surface area contributed by atoms with Crippen molar-refractivity contribution in [1.82, 2.24) is 19.7 Å². The Morgan fingerprint density at radius 3 is 1.39 bits per heavy atom. The van der Waals surface area contributed by atoms with Gasteiger partial charge in [0, 0.05) is 63.7 Å². The number of ether oxygens (including phenoxy) is 2. The lowest BCUT2D eigenvalue weighted by Crippen LogP contribution is -2.59. The zero-order valence-electron chi connectivity index (χ0n) is 44.2. The van der Waals surface area contributed by atoms with Crippen LogP contribution in [-0.4, -0.2) is 139 Å². The molecule has 2 aromatic heterocycles. The second kappa shape index (κ2) is 26.0. The van der Waals surface area contributed by atoms with Gasteiger partial charge in [0.2, 0.25) is 5.91 Å². The minimum Gasteiger partial charge on any atom is -0.480 e. The lowest BCUT2D eigenvalue weighted by atomic mass is 9.80. The average molecular weight is 1230 g/mol. The standard InChI is InChI=1S/C26H23F6N5O2S.C15H15F3N2O3.C12H13BF3N3OS/c27-25(28,29)16-2-4-22-21(9-16)35-24(40-22)34-17-12-37(13-17)23(38)14-39-19-5-7-36(8-6-19)18-3-1-15(11-33)20(10-18)26(30,31)32;16-15(17,18)13-7-11(2-1-10(13)8-19)20-5-3-12(4-6-20)23-9-14(21)22;1-13(20)19-5-8(6-19)17-11-18-9-4-7(12(14,15)16)2-3-10(9)21-11/h1-4,9-10,17,19H,5-8,12-14H2,(H,34,35);1-2,7,12H,3-6,9H2,(H,21,22);2-4,8,20H,5-6H2,1H3,(H,17,18). The monoisotopic (exact) mass is 1230 g/mol. The van der Waals surface area contributed by atoms with E-state index in [1.165, 1.54) is 59.1 Å². The first-order valence-electron chi connectivity index (χ1n) is 25.9. The summed E-state index contributed by atoms with van der Waals surface area (Å²) in [5, 5.41) is 43.1. The van der Waals surface area contributed by atoms with E-state index in [0.29, 0.717) is 110 Å². The Morgan fingerprint density at radius 2 is 1.02 bits per heavy atom. The highest BCUT2D eigenvalue weighted by molar-refractivity contribution is 7.22. The number of benzene rings is 4. The summed E-state index contributed by atoms with van der Waals surface area (Å²) in [5.74, 6) is -1.24. The van der Waals surface area contributed by atoms with E-state index < -0.39 is 71.1 Å². The zero-order valence-corrected chi connectivity index (χ0v) is 45.8. The number of carbonyl (C=O) groups is 2.